The molecule has 128 valence electrons. The summed E-state index contributed by atoms with van der Waals surface area (Å²) >= 11 is 6.27. The molecule has 1 unspecified atom stereocenters. The summed E-state index contributed by atoms with van der Waals surface area (Å²) in [5.41, 5.74) is 6.04. The Bertz CT molecular complexity index is 803. The zero-order chi connectivity index (χ0) is 17.3. The summed E-state index contributed by atoms with van der Waals surface area (Å²) < 4.78 is 1.81. The summed E-state index contributed by atoms with van der Waals surface area (Å²) in [5.74, 6) is 0. The maximum atomic E-state index is 6.27. The Morgan fingerprint density at radius 1 is 1.46 bits per heavy atom. The molecule has 0 aromatic carbocycles. The number of likely N-dealkylation sites (N-methyl/N-ethyl adjacent to an activating group) is 1. The number of nitrogens with zero attached hydrogens (tertiary/aromatic N) is 3. The van der Waals surface area contributed by atoms with E-state index in [1.165, 1.54) is 16.8 Å². The van der Waals surface area contributed by atoms with Crippen LogP contribution in [0.25, 0.3) is 5.52 Å². The summed E-state index contributed by atoms with van der Waals surface area (Å²) in [6, 6.07) is 8.17. The van der Waals surface area contributed by atoms with Crippen molar-refractivity contribution in [3.8, 4) is 0 Å². The molecule has 0 spiro atoms. The van der Waals surface area contributed by atoms with Gasteiger partial charge in [0.2, 0.25) is 0 Å². The Morgan fingerprint density at radius 2 is 2.25 bits per heavy atom. The summed E-state index contributed by atoms with van der Waals surface area (Å²) in [7, 11) is 2.16. The van der Waals surface area contributed by atoms with Gasteiger partial charge in [0, 0.05) is 18.7 Å². The second-order valence-electron chi connectivity index (χ2n) is 6.54. The van der Waals surface area contributed by atoms with E-state index in [-0.39, 0.29) is 6.04 Å². The van der Waals surface area contributed by atoms with Gasteiger partial charge in [0.1, 0.15) is 5.15 Å². The molecule has 0 saturated heterocycles. The molecule has 3 heterocycles. The topological polar surface area (TPSA) is 32.6 Å². The molecule has 0 amide bonds. The second kappa shape index (κ2) is 6.99. The first kappa shape index (κ1) is 17.1. The molecule has 24 heavy (non-hydrogen) atoms. The van der Waals surface area contributed by atoms with Gasteiger partial charge < -0.3 is 5.32 Å². The smallest absolute Gasteiger partial charge is 0.131 e. The lowest BCUT2D eigenvalue weighted by Crippen LogP contribution is -2.34. The predicted molar refractivity (Wildman–Crippen MR) is 100 cm³/mol. The van der Waals surface area contributed by atoms with E-state index in [1.54, 1.807) is 4.52 Å². The van der Waals surface area contributed by atoms with Crippen molar-refractivity contribution < 1.29 is 0 Å². The molecule has 1 N–H and O–H groups in total. The maximum Gasteiger partial charge on any atom is 0.131 e. The lowest BCUT2D eigenvalue weighted by atomic mass is 9.96. The molecule has 3 rings (SSSR count). The minimum atomic E-state index is 0.174. The zero-order valence-electron chi connectivity index (χ0n) is 14.8. The van der Waals surface area contributed by atoms with Crippen molar-refractivity contribution >= 4 is 17.1 Å². The van der Waals surface area contributed by atoms with Gasteiger partial charge in [-0.05, 0) is 57.3 Å². The Morgan fingerprint density at radius 3 is 2.96 bits per heavy atom. The van der Waals surface area contributed by atoms with Crippen LogP contribution in [0.4, 0.5) is 0 Å². The van der Waals surface area contributed by atoms with Gasteiger partial charge in [-0.3, -0.25) is 4.90 Å². The van der Waals surface area contributed by atoms with Crippen molar-refractivity contribution in [2.24, 2.45) is 0 Å². The average molecular weight is 345 g/mol. The van der Waals surface area contributed by atoms with Crippen LogP contribution in [0.3, 0.4) is 0 Å². The molecule has 1 aliphatic rings. The van der Waals surface area contributed by atoms with Gasteiger partial charge in [-0.25, -0.2) is 4.52 Å². The number of hydrogen-bond donors (Lipinski definition) is 1. The van der Waals surface area contributed by atoms with Crippen molar-refractivity contribution in [2.45, 2.75) is 39.7 Å². The van der Waals surface area contributed by atoms with Crippen LogP contribution in [0.15, 0.2) is 47.3 Å². The zero-order valence-corrected chi connectivity index (χ0v) is 15.6. The third-order valence-electron chi connectivity index (χ3n) is 4.83. The highest BCUT2D eigenvalue weighted by molar-refractivity contribution is 6.29. The van der Waals surface area contributed by atoms with Crippen molar-refractivity contribution in [3.05, 3.63) is 58.2 Å². The van der Waals surface area contributed by atoms with Crippen LogP contribution >= 0.6 is 11.6 Å². The van der Waals surface area contributed by atoms with Crippen molar-refractivity contribution in [3.63, 3.8) is 0 Å². The molecule has 2 aromatic rings. The highest BCUT2D eigenvalue weighted by atomic mass is 35.5. The third-order valence-corrected chi connectivity index (χ3v) is 5.12. The van der Waals surface area contributed by atoms with E-state index in [2.05, 4.69) is 50.3 Å². The van der Waals surface area contributed by atoms with Crippen LogP contribution in [0.1, 0.15) is 45.3 Å². The number of nitrogens with one attached hydrogen (secondary N) is 1. The quantitative estimate of drug-likeness (QED) is 0.826. The molecule has 0 fully saturated rings. The fraction of sp³-hybridized carbons (Fsp3) is 0.421. The average Bonchev–Trinajstić information content (AvgIpc) is 2.99. The monoisotopic (exact) mass is 344 g/mol. The van der Waals surface area contributed by atoms with Crippen molar-refractivity contribution in [2.75, 3.05) is 13.6 Å². The third kappa shape index (κ3) is 3.21. The van der Waals surface area contributed by atoms with Crippen LogP contribution in [-0.4, -0.2) is 28.1 Å². The molecule has 1 aliphatic heterocycles. The van der Waals surface area contributed by atoms with E-state index < -0.39 is 0 Å². The Labute approximate surface area is 148 Å². The summed E-state index contributed by atoms with van der Waals surface area (Å²) in [6.45, 7) is 7.53. The lowest BCUT2D eigenvalue weighted by molar-refractivity contribution is 0.253. The standard InChI is InChI=1S/C19H25ClN4/c1-5-13(2)12-21-16-9-10-23(4)19(14(16)3)17-11-15-7-6-8-18(20)24(15)22-17/h6-8,11-12,19,21H,5,9-10H2,1-4H3. The molecule has 1 atom stereocenters. The van der Waals surface area contributed by atoms with Crippen LogP contribution in [0, 0.1) is 0 Å². The van der Waals surface area contributed by atoms with Gasteiger partial charge in [-0.1, -0.05) is 30.2 Å². The SMILES string of the molecule is CCC(C)=CNC1=C(C)C(c2cc3cccc(Cl)n3n2)N(C)CC1. The van der Waals surface area contributed by atoms with E-state index in [1.807, 2.05) is 18.2 Å². The predicted octanol–water partition coefficient (Wildman–Crippen LogP) is 4.54. The van der Waals surface area contributed by atoms with Gasteiger partial charge >= 0.3 is 0 Å². The van der Waals surface area contributed by atoms with E-state index in [4.69, 9.17) is 16.7 Å². The van der Waals surface area contributed by atoms with Crippen LogP contribution in [0.2, 0.25) is 5.15 Å². The Kier molecular flexibility index (Phi) is 4.97. The molecule has 0 saturated carbocycles. The van der Waals surface area contributed by atoms with Gasteiger partial charge in [-0.2, -0.15) is 5.10 Å². The molecule has 0 bridgehead atoms. The molecule has 2 aromatic heterocycles. The van der Waals surface area contributed by atoms with Crippen molar-refractivity contribution in [1.82, 2.24) is 19.8 Å². The number of allylic oxidation sites excluding steroid dienone is 1. The first-order valence-electron chi connectivity index (χ1n) is 8.47. The summed E-state index contributed by atoms with van der Waals surface area (Å²) in [5, 5.41) is 8.90. The lowest BCUT2D eigenvalue weighted by Gasteiger charge is -2.34. The van der Waals surface area contributed by atoms with Gasteiger partial charge in [0.25, 0.3) is 0 Å². The Hall–Kier alpha value is -1.78. The molecule has 0 aliphatic carbocycles. The number of aromatic nitrogens is 2. The number of rotatable bonds is 4. The van der Waals surface area contributed by atoms with Gasteiger partial charge in [-0.15, -0.1) is 0 Å². The van der Waals surface area contributed by atoms with Crippen molar-refractivity contribution in [1.29, 1.82) is 0 Å². The first-order valence-corrected chi connectivity index (χ1v) is 8.85. The normalized spacial score (nSPS) is 20.0. The van der Waals surface area contributed by atoms with E-state index in [9.17, 15) is 0 Å². The summed E-state index contributed by atoms with van der Waals surface area (Å²) in [6.07, 6.45) is 4.22. The van der Waals surface area contributed by atoms with E-state index in [0.717, 1.165) is 30.6 Å². The molecule has 4 nitrogen and oxygen atoms in total. The maximum absolute atomic E-state index is 6.27. The first-order chi connectivity index (χ1) is 11.5. The number of fused-ring (bicyclic) bond motifs is 1. The summed E-state index contributed by atoms with van der Waals surface area (Å²) in [4.78, 5) is 2.35. The van der Waals surface area contributed by atoms with Crippen LogP contribution in [0.5, 0.6) is 0 Å². The van der Waals surface area contributed by atoms with Gasteiger partial charge in [0.05, 0.1) is 17.3 Å². The highest BCUT2D eigenvalue weighted by Crippen LogP contribution is 2.33. The van der Waals surface area contributed by atoms with Crippen LogP contribution in [-0.2, 0) is 0 Å². The largest absolute Gasteiger partial charge is 0.365 e. The van der Waals surface area contributed by atoms with E-state index >= 15 is 0 Å². The van der Waals surface area contributed by atoms with Gasteiger partial charge in [0.15, 0.2) is 0 Å². The molecule has 0 radical (unpaired) electrons. The molecular weight excluding hydrogens is 320 g/mol. The fourth-order valence-corrected chi connectivity index (χ4v) is 3.40. The highest BCUT2D eigenvalue weighted by Gasteiger charge is 2.28. The minimum Gasteiger partial charge on any atom is -0.365 e. The number of hydrogen-bond acceptors (Lipinski definition) is 3. The minimum absolute atomic E-state index is 0.174. The Balaban J connectivity index is 1.98. The van der Waals surface area contributed by atoms with Crippen LogP contribution < -0.4 is 5.32 Å². The molecule has 5 heteroatoms. The number of pyridine rings is 1. The fourth-order valence-electron chi connectivity index (χ4n) is 3.19. The molecular formula is C19H25ClN4. The van der Waals surface area contributed by atoms with E-state index in [0.29, 0.717) is 5.15 Å². The number of halogens is 1. The second-order valence-corrected chi connectivity index (χ2v) is 6.92.